The van der Waals surface area contributed by atoms with Crippen LogP contribution in [0.1, 0.15) is 11.1 Å². The van der Waals surface area contributed by atoms with Gasteiger partial charge in [-0.05, 0) is 42.8 Å². The second-order valence-electron chi connectivity index (χ2n) is 6.26. The topological polar surface area (TPSA) is 17.8 Å². The van der Waals surface area contributed by atoms with Crippen LogP contribution < -0.4 is 0 Å². The van der Waals surface area contributed by atoms with Gasteiger partial charge in [0.05, 0.1) is 23.1 Å². The molecule has 4 aromatic rings. The molecule has 0 aliphatic rings. The quantitative estimate of drug-likeness (QED) is 0.375. The van der Waals surface area contributed by atoms with Crippen LogP contribution in [0.25, 0.3) is 22.4 Å². The van der Waals surface area contributed by atoms with E-state index in [1.807, 2.05) is 25.1 Å². The molecule has 6 heteroatoms. The van der Waals surface area contributed by atoms with Crippen LogP contribution in [0.5, 0.6) is 0 Å². The largest absolute Gasteiger partial charge is 0.319 e. The van der Waals surface area contributed by atoms with Crippen molar-refractivity contribution >= 4 is 34.2 Å². The molecule has 0 bridgehead atoms. The molecular formula is C21H14Cl2F2N2. The first-order chi connectivity index (χ1) is 13.0. The Kier molecular flexibility index (Phi) is 4.62. The maximum Gasteiger partial charge on any atom is 0.147 e. The van der Waals surface area contributed by atoms with Crippen LogP contribution in [0.2, 0.25) is 10.0 Å². The zero-order valence-corrected chi connectivity index (χ0v) is 15.8. The molecule has 0 radical (unpaired) electrons. The molecule has 0 saturated heterocycles. The number of aromatic nitrogens is 2. The number of hydrogen-bond donors (Lipinski definition) is 0. The minimum Gasteiger partial charge on any atom is -0.319 e. The van der Waals surface area contributed by atoms with E-state index in [0.717, 1.165) is 11.1 Å². The third-order valence-corrected chi connectivity index (χ3v) is 5.25. The molecule has 136 valence electrons. The minimum absolute atomic E-state index is 0.170. The van der Waals surface area contributed by atoms with Crippen molar-refractivity contribution < 1.29 is 8.78 Å². The highest BCUT2D eigenvalue weighted by Gasteiger charge is 2.21. The molecule has 0 N–H and O–H groups in total. The second-order valence-corrected chi connectivity index (χ2v) is 7.08. The van der Waals surface area contributed by atoms with Crippen LogP contribution in [0.3, 0.4) is 0 Å². The maximum absolute atomic E-state index is 14.5. The van der Waals surface area contributed by atoms with Crippen molar-refractivity contribution in [3.63, 3.8) is 0 Å². The van der Waals surface area contributed by atoms with Crippen molar-refractivity contribution in [2.45, 2.75) is 13.5 Å². The van der Waals surface area contributed by atoms with Crippen molar-refractivity contribution in [2.75, 3.05) is 0 Å². The summed E-state index contributed by atoms with van der Waals surface area (Å²) >= 11 is 12.6. The molecular weight excluding hydrogens is 389 g/mol. The molecule has 0 atom stereocenters. The second kappa shape index (κ2) is 6.95. The molecule has 0 spiro atoms. The van der Waals surface area contributed by atoms with Crippen LogP contribution in [0.15, 0.2) is 54.6 Å². The van der Waals surface area contributed by atoms with Gasteiger partial charge in [-0.3, -0.25) is 0 Å². The Morgan fingerprint density at radius 2 is 1.48 bits per heavy atom. The lowest BCUT2D eigenvalue weighted by molar-refractivity contribution is 0.585. The number of hydrogen-bond acceptors (Lipinski definition) is 1. The Morgan fingerprint density at radius 1 is 0.889 bits per heavy atom. The molecule has 0 fully saturated rings. The van der Waals surface area contributed by atoms with Crippen LogP contribution in [0.4, 0.5) is 8.78 Å². The summed E-state index contributed by atoms with van der Waals surface area (Å²) in [5.74, 6) is -1.14. The van der Waals surface area contributed by atoms with E-state index in [4.69, 9.17) is 23.2 Å². The Labute approximate surface area is 165 Å². The number of benzene rings is 3. The molecule has 1 heterocycles. The SMILES string of the molecule is Cc1cccc2c1nc(-c1c(F)cccc1F)n2Cc1c(Cl)cccc1Cl. The van der Waals surface area contributed by atoms with E-state index >= 15 is 0 Å². The molecule has 0 aliphatic carbocycles. The van der Waals surface area contributed by atoms with Gasteiger partial charge >= 0.3 is 0 Å². The molecule has 0 aliphatic heterocycles. The van der Waals surface area contributed by atoms with Crippen LogP contribution in [-0.4, -0.2) is 9.55 Å². The summed E-state index contributed by atoms with van der Waals surface area (Å²) in [4.78, 5) is 4.56. The van der Waals surface area contributed by atoms with Crippen LogP contribution in [0, 0.1) is 18.6 Å². The average molecular weight is 403 g/mol. The lowest BCUT2D eigenvalue weighted by atomic mass is 10.1. The van der Waals surface area contributed by atoms with E-state index in [0.29, 0.717) is 21.1 Å². The summed E-state index contributed by atoms with van der Waals surface area (Å²) < 4.78 is 30.7. The maximum atomic E-state index is 14.5. The molecule has 27 heavy (non-hydrogen) atoms. The highest BCUT2D eigenvalue weighted by molar-refractivity contribution is 6.36. The zero-order chi connectivity index (χ0) is 19.1. The summed E-state index contributed by atoms with van der Waals surface area (Å²) in [5.41, 5.74) is 2.84. The molecule has 0 saturated carbocycles. The Hall–Kier alpha value is -2.43. The van der Waals surface area contributed by atoms with Gasteiger partial charge < -0.3 is 4.57 Å². The first-order valence-corrected chi connectivity index (χ1v) is 9.06. The van der Waals surface area contributed by atoms with Crippen molar-refractivity contribution in [2.24, 2.45) is 0 Å². The van der Waals surface area contributed by atoms with Gasteiger partial charge in [-0.25, -0.2) is 13.8 Å². The summed E-state index contributed by atoms with van der Waals surface area (Å²) in [6, 6.07) is 14.6. The van der Waals surface area contributed by atoms with Crippen molar-refractivity contribution in [1.82, 2.24) is 9.55 Å². The van der Waals surface area contributed by atoms with E-state index in [-0.39, 0.29) is 17.9 Å². The van der Waals surface area contributed by atoms with Crippen molar-refractivity contribution in [3.05, 3.63) is 87.4 Å². The summed E-state index contributed by atoms with van der Waals surface area (Å²) in [7, 11) is 0. The van der Waals surface area contributed by atoms with E-state index in [1.54, 1.807) is 22.8 Å². The fraction of sp³-hybridized carbons (Fsp3) is 0.0952. The van der Waals surface area contributed by atoms with E-state index in [1.165, 1.54) is 18.2 Å². The number of halogens is 4. The Balaban J connectivity index is 2.03. The number of para-hydroxylation sites is 1. The number of nitrogens with zero attached hydrogens (tertiary/aromatic N) is 2. The van der Waals surface area contributed by atoms with Gasteiger partial charge in [0.1, 0.15) is 17.5 Å². The van der Waals surface area contributed by atoms with E-state index in [9.17, 15) is 8.78 Å². The van der Waals surface area contributed by atoms with Gasteiger partial charge in [0, 0.05) is 15.6 Å². The molecule has 0 unspecified atom stereocenters. The molecule has 3 aromatic carbocycles. The summed E-state index contributed by atoms with van der Waals surface area (Å²) in [6.45, 7) is 2.14. The van der Waals surface area contributed by atoms with Crippen molar-refractivity contribution in [3.8, 4) is 11.4 Å². The van der Waals surface area contributed by atoms with E-state index in [2.05, 4.69) is 4.98 Å². The first kappa shape index (κ1) is 18.0. The van der Waals surface area contributed by atoms with Crippen molar-refractivity contribution in [1.29, 1.82) is 0 Å². The first-order valence-electron chi connectivity index (χ1n) is 8.30. The molecule has 0 amide bonds. The predicted molar refractivity (Wildman–Crippen MR) is 105 cm³/mol. The van der Waals surface area contributed by atoms with E-state index < -0.39 is 11.6 Å². The number of rotatable bonds is 3. The lowest BCUT2D eigenvalue weighted by Crippen LogP contribution is -2.05. The highest BCUT2D eigenvalue weighted by Crippen LogP contribution is 2.33. The standard InChI is InChI=1S/C21H14Cl2F2N2/c1-12-5-2-10-18-20(12)26-21(19-16(24)8-4-9-17(19)25)27(18)11-13-14(22)6-3-7-15(13)23/h2-10H,11H2,1H3. The fourth-order valence-electron chi connectivity index (χ4n) is 3.19. The van der Waals surface area contributed by atoms with Gasteiger partial charge in [-0.2, -0.15) is 0 Å². The molecule has 2 nitrogen and oxygen atoms in total. The lowest BCUT2D eigenvalue weighted by Gasteiger charge is -2.13. The van der Waals surface area contributed by atoms with Gasteiger partial charge in [0.25, 0.3) is 0 Å². The predicted octanol–water partition coefficient (Wildman–Crippen LogP) is 6.65. The zero-order valence-electron chi connectivity index (χ0n) is 14.3. The monoisotopic (exact) mass is 402 g/mol. The third kappa shape index (κ3) is 3.09. The normalized spacial score (nSPS) is 11.3. The van der Waals surface area contributed by atoms with Crippen LogP contribution >= 0.6 is 23.2 Å². The van der Waals surface area contributed by atoms with Gasteiger partial charge in [0.15, 0.2) is 0 Å². The molecule has 1 aromatic heterocycles. The smallest absolute Gasteiger partial charge is 0.147 e. The van der Waals surface area contributed by atoms with Gasteiger partial charge in [-0.1, -0.05) is 47.5 Å². The Bertz CT molecular complexity index is 1130. The fourth-order valence-corrected chi connectivity index (χ4v) is 3.71. The third-order valence-electron chi connectivity index (χ3n) is 4.54. The number of aryl methyl sites for hydroxylation is 1. The Morgan fingerprint density at radius 3 is 2.15 bits per heavy atom. The van der Waals surface area contributed by atoms with Gasteiger partial charge in [0.2, 0.25) is 0 Å². The van der Waals surface area contributed by atoms with Gasteiger partial charge in [-0.15, -0.1) is 0 Å². The van der Waals surface area contributed by atoms with Crippen LogP contribution in [-0.2, 0) is 6.54 Å². The minimum atomic E-state index is -0.672. The highest BCUT2D eigenvalue weighted by atomic mass is 35.5. The number of fused-ring (bicyclic) bond motifs is 1. The number of imidazole rings is 1. The summed E-state index contributed by atoms with van der Waals surface area (Å²) in [5, 5.41) is 0.967. The average Bonchev–Trinajstić information content (AvgIpc) is 2.98. The molecule has 4 rings (SSSR count). The summed E-state index contributed by atoms with van der Waals surface area (Å²) in [6.07, 6.45) is 0.